The Hall–Kier alpha value is -2.27. The average molecular weight is 465 g/mol. The van der Waals surface area contributed by atoms with Crippen molar-refractivity contribution in [1.29, 1.82) is 0 Å². The van der Waals surface area contributed by atoms with Gasteiger partial charge < -0.3 is 14.1 Å². The summed E-state index contributed by atoms with van der Waals surface area (Å²) < 4.78 is 10.4. The fraction of sp³-hybridized carbons (Fsp3) is 0.316. The zero-order chi connectivity index (χ0) is 21.2. The molecule has 5 rings (SSSR count). The van der Waals surface area contributed by atoms with Crippen LogP contribution in [0.3, 0.4) is 0 Å². The standard InChI is InChI=1S/C19H17ClN4O4S2/c1-22-13-12(18(26)23(2)19(22)27)14(17-21-9(7-25)8-30-17)24-5-6-29-16(15(13)24)10-3-4-11(20)28-10/h3-4,8,16,25H,5-7H2,1-2H3. The number of aliphatic hydroxyl groups is 1. The summed E-state index contributed by atoms with van der Waals surface area (Å²) in [7, 11) is 3.14. The molecule has 8 nitrogen and oxygen atoms in total. The van der Waals surface area contributed by atoms with Gasteiger partial charge in [-0.1, -0.05) is 0 Å². The predicted molar refractivity (Wildman–Crippen MR) is 117 cm³/mol. The molecule has 1 unspecified atom stereocenters. The molecule has 0 bridgehead atoms. The van der Waals surface area contributed by atoms with Crippen molar-refractivity contribution in [2.24, 2.45) is 14.1 Å². The van der Waals surface area contributed by atoms with Gasteiger partial charge in [0.05, 0.1) is 34.6 Å². The number of fused-ring (bicyclic) bond motifs is 3. The van der Waals surface area contributed by atoms with Gasteiger partial charge in [0, 0.05) is 31.8 Å². The molecule has 11 heteroatoms. The Labute approximate surface area is 183 Å². The van der Waals surface area contributed by atoms with Crippen LogP contribution in [0.15, 0.2) is 31.5 Å². The molecule has 1 aliphatic rings. The molecule has 0 radical (unpaired) electrons. The molecule has 5 heterocycles. The minimum Gasteiger partial charge on any atom is -0.448 e. The number of rotatable bonds is 3. The lowest BCUT2D eigenvalue weighted by atomic mass is 10.2. The Kier molecular flexibility index (Phi) is 4.69. The number of aryl methyl sites for hydroxylation is 1. The van der Waals surface area contributed by atoms with Gasteiger partial charge >= 0.3 is 5.69 Å². The molecule has 0 aliphatic carbocycles. The molecule has 1 N–H and O–H groups in total. The van der Waals surface area contributed by atoms with Crippen molar-refractivity contribution in [1.82, 2.24) is 18.7 Å². The third-order valence-electron chi connectivity index (χ3n) is 5.32. The van der Waals surface area contributed by atoms with Gasteiger partial charge in [-0.05, 0) is 23.7 Å². The molecule has 1 aliphatic heterocycles. The van der Waals surface area contributed by atoms with Gasteiger partial charge in [0.25, 0.3) is 5.56 Å². The molecule has 30 heavy (non-hydrogen) atoms. The van der Waals surface area contributed by atoms with E-state index in [2.05, 4.69) is 9.55 Å². The first-order valence-corrected chi connectivity index (χ1v) is 11.5. The van der Waals surface area contributed by atoms with Crippen molar-refractivity contribution >= 4 is 45.6 Å². The summed E-state index contributed by atoms with van der Waals surface area (Å²) in [5.74, 6) is 1.46. The molecule has 0 spiro atoms. The summed E-state index contributed by atoms with van der Waals surface area (Å²) in [5, 5.41) is 12.4. The van der Waals surface area contributed by atoms with Crippen LogP contribution < -0.4 is 11.2 Å². The van der Waals surface area contributed by atoms with E-state index in [9.17, 15) is 14.7 Å². The van der Waals surface area contributed by atoms with E-state index in [1.165, 1.54) is 23.0 Å². The quantitative estimate of drug-likeness (QED) is 0.501. The maximum absolute atomic E-state index is 13.2. The summed E-state index contributed by atoms with van der Waals surface area (Å²) in [6.07, 6.45) is 0. The Morgan fingerprint density at radius 1 is 1.30 bits per heavy atom. The first-order valence-electron chi connectivity index (χ1n) is 9.17. The molecule has 0 amide bonds. The summed E-state index contributed by atoms with van der Waals surface area (Å²) in [6, 6.07) is 3.51. The van der Waals surface area contributed by atoms with Gasteiger partial charge in [0.15, 0.2) is 5.22 Å². The predicted octanol–water partition coefficient (Wildman–Crippen LogP) is 2.74. The monoisotopic (exact) mass is 464 g/mol. The summed E-state index contributed by atoms with van der Waals surface area (Å²) in [6.45, 7) is 0.474. The normalized spacial score (nSPS) is 16.3. The van der Waals surface area contributed by atoms with E-state index in [-0.39, 0.29) is 22.6 Å². The third-order valence-corrected chi connectivity index (χ3v) is 7.63. The third kappa shape index (κ3) is 2.74. The van der Waals surface area contributed by atoms with Crippen LogP contribution in [-0.4, -0.2) is 29.5 Å². The summed E-state index contributed by atoms with van der Waals surface area (Å²) >= 11 is 9.07. The second kappa shape index (κ2) is 7.16. The van der Waals surface area contributed by atoms with Gasteiger partial charge in [-0.3, -0.25) is 13.9 Å². The number of hydrogen-bond donors (Lipinski definition) is 1. The van der Waals surface area contributed by atoms with Crippen LogP contribution in [0.4, 0.5) is 0 Å². The van der Waals surface area contributed by atoms with Gasteiger partial charge in [-0.2, -0.15) is 0 Å². The minimum absolute atomic E-state index is 0.179. The topological polar surface area (TPSA) is 95.2 Å². The van der Waals surface area contributed by atoms with E-state index in [1.807, 2.05) is 6.07 Å². The molecule has 4 aromatic rings. The fourth-order valence-electron chi connectivity index (χ4n) is 3.98. The zero-order valence-corrected chi connectivity index (χ0v) is 18.5. The van der Waals surface area contributed by atoms with Crippen molar-refractivity contribution in [2.45, 2.75) is 18.4 Å². The minimum atomic E-state index is -0.394. The summed E-state index contributed by atoms with van der Waals surface area (Å²) in [5.41, 5.74) is 1.84. The first-order chi connectivity index (χ1) is 14.4. The molecular weight excluding hydrogens is 448 g/mol. The second-order valence-corrected chi connectivity index (χ2v) is 9.45. The highest BCUT2D eigenvalue weighted by molar-refractivity contribution is 7.99. The van der Waals surface area contributed by atoms with E-state index in [0.717, 1.165) is 16.0 Å². The molecule has 0 fully saturated rings. The molecule has 0 aromatic carbocycles. The Morgan fingerprint density at radius 2 is 2.10 bits per heavy atom. The maximum Gasteiger partial charge on any atom is 0.331 e. The fourth-order valence-corrected chi connectivity index (χ4v) is 6.21. The van der Waals surface area contributed by atoms with Crippen LogP contribution in [0.1, 0.15) is 22.4 Å². The zero-order valence-electron chi connectivity index (χ0n) is 16.1. The molecule has 1 atom stereocenters. The Morgan fingerprint density at radius 3 is 2.77 bits per heavy atom. The number of halogens is 1. The van der Waals surface area contributed by atoms with Gasteiger partial charge in [0.2, 0.25) is 0 Å². The Bertz CT molecular complexity index is 1410. The van der Waals surface area contributed by atoms with Crippen LogP contribution in [-0.2, 0) is 27.2 Å². The number of thiazole rings is 1. The number of hydrogen-bond acceptors (Lipinski definition) is 7. The largest absolute Gasteiger partial charge is 0.448 e. The molecule has 4 aromatic heterocycles. The van der Waals surface area contributed by atoms with Crippen molar-refractivity contribution < 1.29 is 9.52 Å². The van der Waals surface area contributed by atoms with E-state index >= 15 is 0 Å². The number of aromatic nitrogens is 4. The summed E-state index contributed by atoms with van der Waals surface area (Å²) in [4.78, 5) is 30.5. The van der Waals surface area contributed by atoms with Crippen molar-refractivity contribution in [3.63, 3.8) is 0 Å². The molecule has 156 valence electrons. The maximum atomic E-state index is 13.2. The van der Waals surface area contributed by atoms with Gasteiger partial charge in [-0.15, -0.1) is 23.1 Å². The van der Waals surface area contributed by atoms with Crippen molar-refractivity contribution in [3.8, 4) is 10.7 Å². The van der Waals surface area contributed by atoms with Crippen molar-refractivity contribution in [2.75, 3.05) is 5.75 Å². The van der Waals surface area contributed by atoms with Crippen LogP contribution in [0.25, 0.3) is 21.6 Å². The van der Waals surface area contributed by atoms with Crippen LogP contribution in [0.5, 0.6) is 0 Å². The Balaban J connectivity index is 1.94. The van der Waals surface area contributed by atoms with E-state index < -0.39 is 5.69 Å². The van der Waals surface area contributed by atoms with E-state index in [1.54, 1.807) is 30.3 Å². The number of thioether (sulfide) groups is 1. The van der Waals surface area contributed by atoms with E-state index in [4.69, 9.17) is 16.0 Å². The number of nitrogens with zero attached hydrogens (tertiary/aromatic N) is 4. The highest BCUT2D eigenvalue weighted by Gasteiger charge is 2.35. The highest BCUT2D eigenvalue weighted by atomic mass is 35.5. The number of furan rings is 1. The highest BCUT2D eigenvalue weighted by Crippen LogP contribution is 2.47. The smallest absolute Gasteiger partial charge is 0.331 e. The lowest BCUT2D eigenvalue weighted by molar-refractivity contribution is 0.278. The molecule has 0 saturated heterocycles. The molecular formula is C19H17ClN4O4S2. The van der Waals surface area contributed by atoms with Crippen LogP contribution in [0.2, 0.25) is 5.22 Å². The lowest BCUT2D eigenvalue weighted by Gasteiger charge is -2.24. The van der Waals surface area contributed by atoms with E-state index in [0.29, 0.717) is 39.6 Å². The van der Waals surface area contributed by atoms with Gasteiger partial charge in [0.1, 0.15) is 16.0 Å². The second-order valence-electron chi connectivity index (χ2n) is 7.01. The van der Waals surface area contributed by atoms with Crippen LogP contribution in [0, 0.1) is 0 Å². The number of aliphatic hydroxyl groups excluding tert-OH is 1. The molecule has 0 saturated carbocycles. The SMILES string of the molecule is Cn1c(=O)c2c(-c3nc(CO)cs3)n3c(c2n(C)c1=O)C(c1ccc(Cl)o1)SCC3. The van der Waals surface area contributed by atoms with Crippen LogP contribution >= 0.6 is 34.7 Å². The average Bonchev–Trinajstić information content (AvgIpc) is 3.46. The van der Waals surface area contributed by atoms with Gasteiger partial charge in [-0.25, -0.2) is 9.78 Å². The van der Waals surface area contributed by atoms with Crippen molar-refractivity contribution in [3.05, 3.63) is 60.7 Å². The lowest BCUT2D eigenvalue weighted by Crippen LogP contribution is -2.37. The first kappa shape index (κ1) is 19.7.